The van der Waals surface area contributed by atoms with Gasteiger partial charge < -0.3 is 0 Å². The van der Waals surface area contributed by atoms with Gasteiger partial charge in [0.05, 0.1) is 0 Å². The summed E-state index contributed by atoms with van der Waals surface area (Å²) >= 11 is -2.94. The molecule has 0 aromatic heterocycles. The van der Waals surface area contributed by atoms with E-state index in [1.54, 1.807) is 0 Å². The molecule has 0 atom stereocenters. The molecule has 0 bridgehead atoms. The molecule has 0 saturated carbocycles. The summed E-state index contributed by atoms with van der Waals surface area (Å²) < 4.78 is 2.85. The molecule has 2 heteroatoms. The van der Waals surface area contributed by atoms with Crippen LogP contribution in [0, 0.1) is 0 Å². The van der Waals surface area contributed by atoms with Gasteiger partial charge in [-0.25, -0.2) is 0 Å². The standard InChI is InChI=1S/C4H6.6CH3.2Sn/c1-3-4-2;;;;;;;;/h3-4H,1-2H2;6*1H3;;/b4-3+;;;;;;;;. The van der Waals surface area contributed by atoms with Crippen LogP contribution in [0.4, 0.5) is 0 Å². The molecule has 0 aromatic carbocycles. The zero-order chi connectivity index (χ0) is 9.83. The fraction of sp³-hybridized carbons (Fsp3) is 0.800. The van der Waals surface area contributed by atoms with Crippen molar-refractivity contribution in [2.45, 2.75) is 38.5 Å². The predicted molar refractivity (Wildman–Crippen MR) is 65.4 cm³/mol. The second-order valence-corrected chi connectivity index (χ2v) is 37.6. The Bertz CT molecular complexity index is 128. The zero-order valence-electron chi connectivity index (χ0n) is 9.57. The Hall–Kier alpha value is 1.34. The van der Waals surface area contributed by atoms with E-state index in [1.165, 1.54) is 8.87 Å². The summed E-state index contributed by atoms with van der Waals surface area (Å²) in [5.41, 5.74) is 0. The summed E-state index contributed by atoms with van der Waals surface area (Å²) in [6.45, 7) is 0. The molecule has 0 amide bonds. The van der Waals surface area contributed by atoms with Gasteiger partial charge in [0, 0.05) is 0 Å². The molecular weight excluding hydrogens is 358 g/mol. The molecule has 0 aliphatic carbocycles. The molecule has 0 fully saturated rings. The first kappa shape index (κ1) is 13.3. The van der Waals surface area contributed by atoms with Gasteiger partial charge >= 0.3 is 87.4 Å². The minimum absolute atomic E-state index is 1.43. The molecule has 0 aliphatic heterocycles. The van der Waals surface area contributed by atoms with Crippen molar-refractivity contribution in [3.8, 4) is 0 Å². The third-order valence-electron chi connectivity index (χ3n) is 1.63. The van der Waals surface area contributed by atoms with Crippen LogP contribution < -0.4 is 0 Å². The second-order valence-electron chi connectivity index (χ2n) is 6.00. The quantitative estimate of drug-likeness (QED) is 0.505. The maximum absolute atomic E-state index is 2.50. The van der Waals surface area contributed by atoms with E-state index in [0.29, 0.717) is 0 Å². The number of hydrogen-bond acceptors (Lipinski definition) is 0. The van der Waals surface area contributed by atoms with Crippen LogP contribution in [-0.2, 0) is 0 Å². The molecule has 0 heterocycles. The van der Waals surface area contributed by atoms with Gasteiger partial charge in [-0.1, -0.05) is 0 Å². The number of rotatable bonds is 4. The van der Waals surface area contributed by atoms with E-state index >= 15 is 0 Å². The van der Waals surface area contributed by atoms with Crippen LogP contribution in [0.5, 0.6) is 0 Å². The molecule has 0 rings (SSSR count). The minimum atomic E-state index is -1.47. The van der Waals surface area contributed by atoms with Gasteiger partial charge in [0.15, 0.2) is 0 Å². The Kier molecular flexibility index (Phi) is 5.86. The van der Waals surface area contributed by atoms with Crippen molar-refractivity contribution >= 4 is 36.8 Å². The van der Waals surface area contributed by atoms with E-state index in [-0.39, 0.29) is 0 Å². The van der Waals surface area contributed by atoms with Crippen molar-refractivity contribution in [2.75, 3.05) is 0 Å². The van der Waals surface area contributed by atoms with Crippen molar-refractivity contribution in [3.05, 3.63) is 12.2 Å². The van der Waals surface area contributed by atoms with Crippen LogP contribution in [0.1, 0.15) is 0 Å². The fourth-order valence-electron chi connectivity index (χ4n) is 0.874. The van der Waals surface area contributed by atoms with Crippen LogP contribution in [0.15, 0.2) is 12.2 Å². The Morgan fingerprint density at radius 2 is 0.917 bits per heavy atom. The van der Waals surface area contributed by atoms with E-state index in [0.717, 1.165) is 0 Å². The summed E-state index contributed by atoms with van der Waals surface area (Å²) in [6.07, 6.45) is 4.91. The molecule has 12 heavy (non-hydrogen) atoms. The Morgan fingerprint density at radius 3 is 1.08 bits per heavy atom. The summed E-state index contributed by atoms with van der Waals surface area (Å²) in [7, 11) is 0. The van der Waals surface area contributed by atoms with Gasteiger partial charge in [0.2, 0.25) is 0 Å². The van der Waals surface area contributed by atoms with E-state index < -0.39 is 36.8 Å². The topological polar surface area (TPSA) is 0 Å². The molecule has 0 radical (unpaired) electrons. The van der Waals surface area contributed by atoms with Crippen LogP contribution in [0.2, 0.25) is 38.5 Å². The molecule has 0 nitrogen and oxygen atoms in total. The third kappa shape index (κ3) is 11.3. The Balaban J connectivity index is 3.66. The Morgan fingerprint density at radius 1 is 0.667 bits per heavy atom. The number of allylic oxidation sites excluding steroid dienone is 2. The third-order valence-corrected chi connectivity index (χ3v) is 9.96. The van der Waals surface area contributed by atoms with Crippen molar-refractivity contribution in [3.63, 3.8) is 0 Å². The first-order valence-corrected chi connectivity index (χ1v) is 26.0. The Labute approximate surface area is 86.6 Å². The first-order chi connectivity index (χ1) is 5.21. The fourth-order valence-corrected chi connectivity index (χ4v) is 5.86. The zero-order valence-corrected chi connectivity index (χ0v) is 15.3. The molecule has 0 saturated heterocycles. The molecule has 0 aromatic rings. The monoisotopic (exact) mass is 384 g/mol. The average molecular weight is 382 g/mol. The van der Waals surface area contributed by atoms with Crippen LogP contribution in [0.25, 0.3) is 0 Å². The van der Waals surface area contributed by atoms with E-state index in [9.17, 15) is 0 Å². The van der Waals surface area contributed by atoms with Gasteiger partial charge in [-0.3, -0.25) is 0 Å². The predicted octanol–water partition coefficient (Wildman–Crippen LogP) is 4.22. The SMILES string of the molecule is [CH3][Sn]([CH3])([CH3])[CH2]/C=C/[CH2][Sn]([CH3])([CH3])[CH3]. The molecule has 0 unspecified atom stereocenters. The van der Waals surface area contributed by atoms with Gasteiger partial charge in [0.25, 0.3) is 0 Å². The average Bonchev–Trinajstić information content (AvgIpc) is 1.76. The van der Waals surface area contributed by atoms with Crippen molar-refractivity contribution in [1.29, 1.82) is 0 Å². The van der Waals surface area contributed by atoms with Crippen LogP contribution in [-0.4, -0.2) is 36.8 Å². The normalized spacial score (nSPS) is 14.2. The van der Waals surface area contributed by atoms with Gasteiger partial charge in [0.1, 0.15) is 0 Å². The van der Waals surface area contributed by atoms with E-state index in [2.05, 4.69) is 41.8 Å². The van der Waals surface area contributed by atoms with Crippen molar-refractivity contribution in [1.82, 2.24) is 0 Å². The molecule has 0 aliphatic rings. The number of hydrogen-bond donors (Lipinski definition) is 0. The van der Waals surface area contributed by atoms with E-state index in [4.69, 9.17) is 0 Å². The van der Waals surface area contributed by atoms with Crippen molar-refractivity contribution in [2.24, 2.45) is 0 Å². The van der Waals surface area contributed by atoms with Crippen LogP contribution >= 0.6 is 0 Å². The van der Waals surface area contributed by atoms with Gasteiger partial charge in [-0.2, -0.15) is 0 Å². The summed E-state index contributed by atoms with van der Waals surface area (Å²) in [5, 5.41) is 0. The summed E-state index contributed by atoms with van der Waals surface area (Å²) in [6, 6.07) is 0. The summed E-state index contributed by atoms with van der Waals surface area (Å²) in [5.74, 6) is 0. The molecular formula is C10H24Sn2. The molecule has 72 valence electrons. The van der Waals surface area contributed by atoms with Crippen LogP contribution in [0.3, 0.4) is 0 Å². The first-order valence-electron chi connectivity index (χ1n) is 4.86. The molecule has 0 spiro atoms. The van der Waals surface area contributed by atoms with Gasteiger partial charge in [-0.15, -0.1) is 0 Å². The maximum atomic E-state index is 2.50. The van der Waals surface area contributed by atoms with Crippen molar-refractivity contribution < 1.29 is 0 Å². The van der Waals surface area contributed by atoms with Gasteiger partial charge in [-0.05, 0) is 0 Å². The van der Waals surface area contributed by atoms with E-state index in [1.807, 2.05) is 0 Å². The molecule has 0 N–H and O–H groups in total. The second kappa shape index (κ2) is 5.28. The summed E-state index contributed by atoms with van der Waals surface area (Å²) in [4.78, 5) is 15.0.